The lowest BCUT2D eigenvalue weighted by Gasteiger charge is -2.36. The fraction of sp³-hybridized carbons (Fsp3) is 0.529. The number of nitrogens with zero attached hydrogens (tertiary/aromatic N) is 1. The first kappa shape index (κ1) is 15.6. The van der Waals surface area contributed by atoms with E-state index in [1.54, 1.807) is 11.0 Å². The molecule has 2 aliphatic heterocycles. The summed E-state index contributed by atoms with van der Waals surface area (Å²) in [5.74, 6) is 0.653. The number of carbonyl (C=O) groups is 2. The number of para-hydroxylation sites is 2. The highest BCUT2D eigenvalue weighted by atomic mass is 16.6. The van der Waals surface area contributed by atoms with Gasteiger partial charge in [-0.1, -0.05) is 12.1 Å². The van der Waals surface area contributed by atoms with Gasteiger partial charge >= 0.3 is 5.97 Å². The van der Waals surface area contributed by atoms with Crippen molar-refractivity contribution < 1.29 is 24.2 Å². The second kappa shape index (κ2) is 6.89. The Hall–Kier alpha value is -2.24. The molecular formula is C17H21NO5. The average Bonchev–Trinajstić information content (AvgIpc) is 2.59. The molecule has 3 rings (SSSR count). The fourth-order valence-electron chi connectivity index (χ4n) is 3.17. The number of ether oxygens (including phenoxy) is 2. The topological polar surface area (TPSA) is 76.1 Å². The summed E-state index contributed by atoms with van der Waals surface area (Å²) in [6, 6.07) is 7.32. The van der Waals surface area contributed by atoms with Crippen molar-refractivity contribution in [3.63, 3.8) is 0 Å². The summed E-state index contributed by atoms with van der Waals surface area (Å²) in [7, 11) is 0. The predicted octanol–water partition coefficient (Wildman–Crippen LogP) is 1.93. The van der Waals surface area contributed by atoms with Crippen LogP contribution in [0.1, 0.15) is 25.7 Å². The number of hydrogen-bond acceptors (Lipinski definition) is 4. The number of benzene rings is 1. The number of carboxylic acids is 1. The quantitative estimate of drug-likeness (QED) is 0.917. The van der Waals surface area contributed by atoms with Crippen LogP contribution >= 0.6 is 0 Å². The summed E-state index contributed by atoms with van der Waals surface area (Å²) in [5, 5.41) is 8.80. The highest BCUT2D eigenvalue weighted by molar-refractivity contribution is 5.82. The first-order chi connectivity index (χ1) is 11.1. The molecule has 0 aliphatic carbocycles. The standard InChI is InChI=1S/C17H21NO5/c19-16(20)8-7-12-4-3-9-18(10-12)17(21)15-11-22-13-5-1-2-6-14(13)23-15/h1-2,5-6,12,15H,3-4,7-11H2,(H,19,20). The van der Waals surface area contributed by atoms with Crippen LogP contribution in [-0.2, 0) is 9.59 Å². The van der Waals surface area contributed by atoms with Gasteiger partial charge in [-0.2, -0.15) is 0 Å². The van der Waals surface area contributed by atoms with Crippen LogP contribution in [0.5, 0.6) is 11.5 Å². The molecule has 1 aromatic carbocycles. The van der Waals surface area contributed by atoms with Gasteiger partial charge in [-0.05, 0) is 37.3 Å². The molecule has 2 unspecified atom stereocenters. The molecule has 0 radical (unpaired) electrons. The number of carboxylic acid groups (broad SMARTS) is 1. The highest BCUT2D eigenvalue weighted by Crippen LogP contribution is 2.32. The number of fused-ring (bicyclic) bond motifs is 1. The third kappa shape index (κ3) is 3.75. The largest absolute Gasteiger partial charge is 0.485 e. The predicted molar refractivity (Wildman–Crippen MR) is 82.5 cm³/mol. The monoisotopic (exact) mass is 319 g/mol. The molecule has 6 nitrogen and oxygen atoms in total. The van der Waals surface area contributed by atoms with E-state index in [1.165, 1.54) is 0 Å². The van der Waals surface area contributed by atoms with Gasteiger partial charge in [-0.3, -0.25) is 9.59 Å². The average molecular weight is 319 g/mol. The normalized spacial score (nSPS) is 23.4. The van der Waals surface area contributed by atoms with E-state index < -0.39 is 12.1 Å². The Morgan fingerprint density at radius 3 is 2.83 bits per heavy atom. The maximum Gasteiger partial charge on any atom is 0.303 e. The first-order valence-corrected chi connectivity index (χ1v) is 8.02. The molecule has 0 bridgehead atoms. The summed E-state index contributed by atoms with van der Waals surface area (Å²) >= 11 is 0. The van der Waals surface area contributed by atoms with Crippen LogP contribution in [0.25, 0.3) is 0 Å². The maximum absolute atomic E-state index is 12.7. The number of rotatable bonds is 4. The zero-order chi connectivity index (χ0) is 16.2. The Kier molecular flexibility index (Phi) is 4.69. The molecule has 0 aromatic heterocycles. The van der Waals surface area contributed by atoms with Crippen molar-refractivity contribution in [3.8, 4) is 11.5 Å². The minimum Gasteiger partial charge on any atom is -0.485 e. The van der Waals surface area contributed by atoms with Crippen LogP contribution in [0.4, 0.5) is 0 Å². The SMILES string of the molecule is O=C(O)CCC1CCCN(C(=O)C2COc3ccccc3O2)C1. The lowest BCUT2D eigenvalue weighted by atomic mass is 9.93. The van der Waals surface area contributed by atoms with Crippen LogP contribution in [-0.4, -0.2) is 47.7 Å². The molecule has 0 spiro atoms. The molecule has 2 atom stereocenters. The summed E-state index contributed by atoms with van der Waals surface area (Å²) in [4.78, 5) is 25.1. The van der Waals surface area contributed by atoms with Gasteiger partial charge < -0.3 is 19.5 Å². The van der Waals surface area contributed by atoms with Crippen molar-refractivity contribution in [3.05, 3.63) is 24.3 Å². The van der Waals surface area contributed by atoms with Crippen molar-refractivity contribution >= 4 is 11.9 Å². The maximum atomic E-state index is 12.7. The number of amides is 1. The first-order valence-electron chi connectivity index (χ1n) is 8.02. The van der Waals surface area contributed by atoms with Gasteiger partial charge in [0.1, 0.15) is 6.61 Å². The summed E-state index contributed by atoms with van der Waals surface area (Å²) in [5.41, 5.74) is 0. The van der Waals surface area contributed by atoms with E-state index in [4.69, 9.17) is 14.6 Å². The Morgan fingerprint density at radius 1 is 1.26 bits per heavy atom. The van der Waals surface area contributed by atoms with E-state index in [0.29, 0.717) is 31.0 Å². The van der Waals surface area contributed by atoms with E-state index in [9.17, 15) is 9.59 Å². The lowest BCUT2D eigenvalue weighted by Crippen LogP contribution is -2.49. The Morgan fingerprint density at radius 2 is 2.04 bits per heavy atom. The molecule has 2 heterocycles. The van der Waals surface area contributed by atoms with E-state index >= 15 is 0 Å². The van der Waals surface area contributed by atoms with Crippen LogP contribution in [0, 0.1) is 5.92 Å². The molecule has 1 N–H and O–H groups in total. The van der Waals surface area contributed by atoms with E-state index in [1.807, 2.05) is 18.2 Å². The number of likely N-dealkylation sites (tertiary alicyclic amines) is 1. The Bertz CT molecular complexity index is 588. The van der Waals surface area contributed by atoms with Gasteiger partial charge in [0, 0.05) is 19.5 Å². The fourth-order valence-corrected chi connectivity index (χ4v) is 3.17. The highest BCUT2D eigenvalue weighted by Gasteiger charge is 2.33. The van der Waals surface area contributed by atoms with Gasteiger partial charge in [0.2, 0.25) is 6.10 Å². The van der Waals surface area contributed by atoms with E-state index in [-0.39, 0.29) is 24.9 Å². The minimum absolute atomic E-state index is 0.0699. The number of hydrogen-bond donors (Lipinski definition) is 1. The molecule has 2 aliphatic rings. The zero-order valence-electron chi connectivity index (χ0n) is 12.9. The van der Waals surface area contributed by atoms with Crippen LogP contribution < -0.4 is 9.47 Å². The molecule has 23 heavy (non-hydrogen) atoms. The zero-order valence-corrected chi connectivity index (χ0v) is 12.9. The van der Waals surface area contributed by atoms with Gasteiger partial charge in [-0.25, -0.2) is 0 Å². The summed E-state index contributed by atoms with van der Waals surface area (Å²) < 4.78 is 11.4. The Balaban J connectivity index is 1.59. The second-order valence-electron chi connectivity index (χ2n) is 6.09. The summed E-state index contributed by atoms with van der Waals surface area (Å²) in [6.07, 6.45) is 2.03. The molecule has 1 fully saturated rings. The smallest absolute Gasteiger partial charge is 0.303 e. The number of piperidine rings is 1. The third-order valence-corrected chi connectivity index (χ3v) is 4.38. The van der Waals surface area contributed by atoms with Crippen LogP contribution in [0.3, 0.4) is 0 Å². The van der Waals surface area contributed by atoms with E-state index in [2.05, 4.69) is 0 Å². The Labute approximate surface area is 135 Å². The van der Waals surface area contributed by atoms with Crippen molar-refractivity contribution in [2.45, 2.75) is 31.8 Å². The molecule has 1 saturated heterocycles. The van der Waals surface area contributed by atoms with Crippen LogP contribution in [0.15, 0.2) is 24.3 Å². The summed E-state index contributed by atoms with van der Waals surface area (Å²) in [6.45, 7) is 1.52. The number of aliphatic carboxylic acids is 1. The van der Waals surface area contributed by atoms with Crippen molar-refractivity contribution in [2.75, 3.05) is 19.7 Å². The van der Waals surface area contributed by atoms with Gasteiger partial charge in [0.15, 0.2) is 11.5 Å². The molecule has 1 aromatic rings. The molecule has 0 saturated carbocycles. The van der Waals surface area contributed by atoms with Crippen molar-refractivity contribution in [1.82, 2.24) is 4.90 Å². The number of carbonyl (C=O) groups excluding carboxylic acids is 1. The molecule has 6 heteroatoms. The van der Waals surface area contributed by atoms with Crippen molar-refractivity contribution in [2.24, 2.45) is 5.92 Å². The van der Waals surface area contributed by atoms with Gasteiger partial charge in [0.25, 0.3) is 5.91 Å². The third-order valence-electron chi connectivity index (χ3n) is 4.38. The minimum atomic E-state index is -0.783. The van der Waals surface area contributed by atoms with E-state index in [0.717, 1.165) is 12.8 Å². The molecular weight excluding hydrogens is 298 g/mol. The van der Waals surface area contributed by atoms with Crippen LogP contribution in [0.2, 0.25) is 0 Å². The van der Waals surface area contributed by atoms with Crippen molar-refractivity contribution in [1.29, 1.82) is 0 Å². The lowest BCUT2D eigenvalue weighted by molar-refractivity contribution is -0.143. The second-order valence-corrected chi connectivity index (χ2v) is 6.09. The molecule has 124 valence electrons. The van der Waals surface area contributed by atoms with Gasteiger partial charge in [-0.15, -0.1) is 0 Å². The molecule has 1 amide bonds. The van der Waals surface area contributed by atoms with Gasteiger partial charge in [0.05, 0.1) is 0 Å².